The van der Waals surface area contributed by atoms with Gasteiger partial charge >= 0.3 is 0 Å². The maximum Gasteiger partial charge on any atom is 0.224 e. The molecule has 6 heteroatoms. The maximum absolute atomic E-state index is 12.2. The van der Waals surface area contributed by atoms with Crippen molar-refractivity contribution in [3.05, 3.63) is 17.7 Å². The van der Waals surface area contributed by atoms with Crippen LogP contribution in [0, 0.1) is 19.8 Å². The topological polar surface area (TPSA) is 59.4 Å². The highest BCUT2D eigenvalue weighted by molar-refractivity contribution is 5.79. The Morgan fingerprint density at radius 2 is 2.29 bits per heavy atom. The number of methoxy groups -OCH3 is 1. The Bertz CT molecular complexity index is 472. The Morgan fingerprint density at radius 3 is 2.95 bits per heavy atom. The van der Waals surface area contributed by atoms with Crippen molar-refractivity contribution in [2.24, 2.45) is 5.92 Å². The largest absolute Gasteiger partial charge is 0.383 e. The second-order valence-corrected chi connectivity index (χ2v) is 5.68. The number of imidazole rings is 1. The standard InChI is InChI=1S/C15H26N4O2/c1-12-13(2)19(11-17-12)7-5-16-15(20)14-4-6-18(10-14)8-9-21-3/h11,14H,4-10H2,1-3H3,(H,16,20)/t14-/m0/s1. The van der Waals surface area contributed by atoms with Gasteiger partial charge in [0.25, 0.3) is 0 Å². The molecule has 21 heavy (non-hydrogen) atoms. The lowest BCUT2D eigenvalue weighted by atomic mass is 10.1. The molecule has 0 saturated carbocycles. The summed E-state index contributed by atoms with van der Waals surface area (Å²) in [5.74, 6) is 0.289. The van der Waals surface area contributed by atoms with E-state index in [-0.39, 0.29) is 11.8 Å². The summed E-state index contributed by atoms with van der Waals surface area (Å²) in [5.41, 5.74) is 2.21. The molecule has 0 unspecified atom stereocenters. The molecule has 0 aromatic carbocycles. The Hall–Kier alpha value is -1.40. The predicted molar refractivity (Wildman–Crippen MR) is 81.1 cm³/mol. The first kappa shape index (κ1) is 16.0. The third-order valence-electron chi connectivity index (χ3n) is 4.25. The minimum Gasteiger partial charge on any atom is -0.383 e. The van der Waals surface area contributed by atoms with E-state index in [4.69, 9.17) is 4.74 Å². The van der Waals surface area contributed by atoms with E-state index in [1.807, 2.05) is 13.3 Å². The summed E-state index contributed by atoms with van der Waals surface area (Å²) in [6.07, 6.45) is 2.78. The fraction of sp³-hybridized carbons (Fsp3) is 0.733. The number of nitrogens with zero attached hydrogens (tertiary/aromatic N) is 3. The molecule has 1 aliphatic heterocycles. The highest BCUT2D eigenvalue weighted by Gasteiger charge is 2.27. The van der Waals surface area contributed by atoms with Crippen LogP contribution in [0.15, 0.2) is 6.33 Å². The SMILES string of the molecule is COCCN1CC[C@H](C(=O)NCCn2cnc(C)c2C)C1. The molecule has 0 bridgehead atoms. The predicted octanol–water partition coefficient (Wildman–Crippen LogP) is 0.584. The average Bonchev–Trinajstić information content (AvgIpc) is 3.07. The minimum atomic E-state index is 0.118. The molecular formula is C15H26N4O2. The van der Waals surface area contributed by atoms with Crippen molar-refractivity contribution >= 4 is 5.91 Å². The van der Waals surface area contributed by atoms with Crippen molar-refractivity contribution in [2.75, 3.05) is 39.9 Å². The molecule has 118 valence electrons. The number of aryl methyl sites for hydroxylation is 1. The van der Waals surface area contributed by atoms with Crippen LogP contribution in [0.3, 0.4) is 0 Å². The van der Waals surface area contributed by atoms with Crippen molar-refractivity contribution in [3.8, 4) is 0 Å². The van der Waals surface area contributed by atoms with E-state index in [0.717, 1.165) is 50.6 Å². The molecule has 1 N–H and O–H groups in total. The van der Waals surface area contributed by atoms with Gasteiger partial charge in [-0.25, -0.2) is 4.98 Å². The summed E-state index contributed by atoms with van der Waals surface area (Å²) in [5, 5.41) is 3.04. The first-order chi connectivity index (χ1) is 10.1. The third kappa shape index (κ3) is 4.28. The second-order valence-electron chi connectivity index (χ2n) is 5.68. The highest BCUT2D eigenvalue weighted by Crippen LogP contribution is 2.15. The van der Waals surface area contributed by atoms with Gasteiger partial charge in [0.1, 0.15) is 0 Å². The van der Waals surface area contributed by atoms with Gasteiger partial charge in [0.05, 0.1) is 24.5 Å². The second kappa shape index (κ2) is 7.56. The van der Waals surface area contributed by atoms with Crippen LogP contribution < -0.4 is 5.32 Å². The van der Waals surface area contributed by atoms with Crippen LogP contribution in [0.25, 0.3) is 0 Å². The molecule has 2 rings (SSSR count). The number of likely N-dealkylation sites (tertiary alicyclic amines) is 1. The molecule has 1 fully saturated rings. The first-order valence-electron chi connectivity index (χ1n) is 7.59. The molecule has 1 aromatic rings. The van der Waals surface area contributed by atoms with Gasteiger partial charge in [0.2, 0.25) is 5.91 Å². The molecular weight excluding hydrogens is 268 g/mol. The molecule has 6 nitrogen and oxygen atoms in total. The van der Waals surface area contributed by atoms with Crippen LogP contribution in [0.2, 0.25) is 0 Å². The van der Waals surface area contributed by atoms with E-state index in [1.54, 1.807) is 7.11 Å². The lowest BCUT2D eigenvalue weighted by Gasteiger charge is -2.15. The molecule has 1 aromatic heterocycles. The van der Waals surface area contributed by atoms with Gasteiger partial charge in [0, 0.05) is 39.0 Å². The highest BCUT2D eigenvalue weighted by atomic mass is 16.5. The molecule has 1 amide bonds. The summed E-state index contributed by atoms with van der Waals surface area (Å²) in [7, 11) is 1.71. The van der Waals surface area contributed by atoms with E-state index in [1.165, 1.54) is 0 Å². The number of ether oxygens (including phenoxy) is 1. The van der Waals surface area contributed by atoms with Crippen molar-refractivity contribution in [1.29, 1.82) is 0 Å². The summed E-state index contributed by atoms with van der Waals surface area (Å²) in [6, 6.07) is 0. The quantitative estimate of drug-likeness (QED) is 0.799. The van der Waals surface area contributed by atoms with Gasteiger partial charge in [-0.15, -0.1) is 0 Å². The zero-order valence-corrected chi connectivity index (χ0v) is 13.3. The number of hydrogen-bond donors (Lipinski definition) is 1. The Kier molecular flexibility index (Phi) is 5.76. The Morgan fingerprint density at radius 1 is 1.48 bits per heavy atom. The van der Waals surface area contributed by atoms with Gasteiger partial charge in [-0.2, -0.15) is 0 Å². The van der Waals surface area contributed by atoms with Gasteiger partial charge in [-0.05, 0) is 26.8 Å². The van der Waals surface area contributed by atoms with Crippen LogP contribution in [0.5, 0.6) is 0 Å². The van der Waals surface area contributed by atoms with Crippen molar-refractivity contribution < 1.29 is 9.53 Å². The smallest absolute Gasteiger partial charge is 0.224 e. The number of hydrogen-bond acceptors (Lipinski definition) is 4. The first-order valence-corrected chi connectivity index (χ1v) is 7.59. The average molecular weight is 294 g/mol. The molecule has 1 aliphatic rings. The van der Waals surface area contributed by atoms with Crippen LogP contribution in [0.4, 0.5) is 0 Å². The number of carbonyl (C=O) groups excluding carboxylic acids is 1. The zero-order valence-electron chi connectivity index (χ0n) is 13.3. The number of nitrogens with one attached hydrogen (secondary N) is 1. The normalized spacial score (nSPS) is 19.1. The van der Waals surface area contributed by atoms with Crippen LogP contribution >= 0.6 is 0 Å². The Labute approximate surface area is 126 Å². The van der Waals surface area contributed by atoms with Crippen LogP contribution in [-0.2, 0) is 16.1 Å². The molecule has 1 atom stereocenters. The molecule has 0 spiro atoms. The van der Waals surface area contributed by atoms with Gasteiger partial charge in [0.15, 0.2) is 0 Å². The van der Waals surface area contributed by atoms with Gasteiger partial charge < -0.3 is 19.5 Å². The molecule has 2 heterocycles. The third-order valence-corrected chi connectivity index (χ3v) is 4.25. The number of amides is 1. The molecule has 1 saturated heterocycles. The number of rotatable bonds is 7. The van der Waals surface area contributed by atoms with E-state index in [9.17, 15) is 4.79 Å². The van der Waals surface area contributed by atoms with Crippen LogP contribution in [0.1, 0.15) is 17.8 Å². The Balaban J connectivity index is 1.69. The summed E-state index contributed by atoms with van der Waals surface area (Å²) in [4.78, 5) is 18.7. The minimum absolute atomic E-state index is 0.118. The zero-order chi connectivity index (χ0) is 15.2. The number of carbonyl (C=O) groups is 1. The molecule has 0 aliphatic carbocycles. The fourth-order valence-electron chi connectivity index (χ4n) is 2.68. The molecule has 0 radical (unpaired) electrons. The summed E-state index contributed by atoms with van der Waals surface area (Å²) < 4.78 is 7.15. The number of aromatic nitrogens is 2. The van der Waals surface area contributed by atoms with E-state index >= 15 is 0 Å². The summed E-state index contributed by atoms with van der Waals surface area (Å²) >= 11 is 0. The summed E-state index contributed by atoms with van der Waals surface area (Å²) in [6.45, 7) is 8.95. The van der Waals surface area contributed by atoms with Crippen molar-refractivity contribution in [1.82, 2.24) is 19.8 Å². The lowest BCUT2D eigenvalue weighted by molar-refractivity contribution is -0.124. The van der Waals surface area contributed by atoms with Crippen LogP contribution in [-0.4, -0.2) is 60.3 Å². The maximum atomic E-state index is 12.2. The van der Waals surface area contributed by atoms with Crippen molar-refractivity contribution in [3.63, 3.8) is 0 Å². The van der Waals surface area contributed by atoms with Gasteiger partial charge in [-0.1, -0.05) is 0 Å². The van der Waals surface area contributed by atoms with E-state index in [0.29, 0.717) is 6.54 Å². The van der Waals surface area contributed by atoms with Crippen molar-refractivity contribution in [2.45, 2.75) is 26.8 Å². The van der Waals surface area contributed by atoms with E-state index < -0.39 is 0 Å². The lowest BCUT2D eigenvalue weighted by Crippen LogP contribution is -2.35. The monoisotopic (exact) mass is 294 g/mol. The van der Waals surface area contributed by atoms with E-state index in [2.05, 4.69) is 26.7 Å². The fourth-order valence-corrected chi connectivity index (χ4v) is 2.68. The van der Waals surface area contributed by atoms with Gasteiger partial charge in [-0.3, -0.25) is 4.79 Å².